The number of aryl methyl sites for hydroxylation is 2. The van der Waals surface area contributed by atoms with Crippen molar-refractivity contribution in [1.82, 2.24) is 19.6 Å². The van der Waals surface area contributed by atoms with Crippen molar-refractivity contribution in [3.05, 3.63) is 47.4 Å². The molecule has 3 aromatic rings. The molecule has 0 amide bonds. The second-order valence-electron chi connectivity index (χ2n) is 5.98. The van der Waals surface area contributed by atoms with Crippen LogP contribution >= 0.6 is 11.8 Å². The lowest BCUT2D eigenvalue weighted by Gasteiger charge is -2.12. The van der Waals surface area contributed by atoms with Crippen LogP contribution in [0.1, 0.15) is 28.8 Å². The summed E-state index contributed by atoms with van der Waals surface area (Å²) in [5.41, 5.74) is 2.27. The number of benzene rings is 1. The molecule has 2 heterocycles. The highest BCUT2D eigenvalue weighted by atomic mass is 32.2. The third-order valence-electron chi connectivity index (χ3n) is 3.77. The Morgan fingerprint density at radius 2 is 2.00 bits per heavy atom. The van der Waals surface area contributed by atoms with Gasteiger partial charge in [0.25, 0.3) is 0 Å². The van der Waals surface area contributed by atoms with Crippen LogP contribution in [-0.4, -0.2) is 48.9 Å². The number of thioether (sulfide) groups is 1. The van der Waals surface area contributed by atoms with Crippen LogP contribution in [0.4, 0.5) is 0 Å². The van der Waals surface area contributed by atoms with Crippen LogP contribution in [0.15, 0.2) is 35.5 Å². The van der Waals surface area contributed by atoms with E-state index >= 15 is 0 Å². The lowest BCUT2D eigenvalue weighted by atomic mass is 10.1. The molecule has 7 nitrogen and oxygen atoms in total. The minimum atomic E-state index is -0.668. The van der Waals surface area contributed by atoms with E-state index in [1.807, 2.05) is 24.3 Å². The van der Waals surface area contributed by atoms with Gasteiger partial charge < -0.3 is 9.84 Å². The predicted molar refractivity (Wildman–Crippen MR) is 98.9 cm³/mol. The minimum absolute atomic E-state index is 0.00787. The Labute approximate surface area is 155 Å². The van der Waals surface area contributed by atoms with Crippen molar-refractivity contribution in [2.24, 2.45) is 0 Å². The van der Waals surface area contributed by atoms with Gasteiger partial charge in [0.2, 0.25) is 0 Å². The number of carbonyl (C=O) groups is 1. The summed E-state index contributed by atoms with van der Waals surface area (Å²) in [6.07, 6.45) is -0.668. The number of ether oxygens (including phenoxy) is 1. The van der Waals surface area contributed by atoms with Crippen molar-refractivity contribution < 1.29 is 14.6 Å². The first-order chi connectivity index (χ1) is 12.4. The summed E-state index contributed by atoms with van der Waals surface area (Å²) in [6, 6.07) is 8.73. The molecule has 2 aromatic heterocycles. The first-order valence-electron chi connectivity index (χ1n) is 8.18. The predicted octanol–water partition coefficient (Wildman–Crippen LogP) is 2.48. The quantitative estimate of drug-likeness (QED) is 0.503. The summed E-state index contributed by atoms with van der Waals surface area (Å²) >= 11 is 1.40. The molecule has 0 spiro atoms. The highest BCUT2D eigenvalue weighted by Crippen LogP contribution is 2.20. The first-order valence-corrected chi connectivity index (χ1v) is 9.16. The summed E-state index contributed by atoms with van der Waals surface area (Å²) < 4.78 is 7.44. The monoisotopic (exact) mass is 372 g/mol. The highest BCUT2D eigenvalue weighted by molar-refractivity contribution is 7.99. The minimum Gasteiger partial charge on any atom is -0.491 e. The van der Waals surface area contributed by atoms with Crippen molar-refractivity contribution in [3.8, 4) is 5.75 Å². The Morgan fingerprint density at radius 3 is 2.69 bits per heavy atom. The van der Waals surface area contributed by atoms with E-state index in [4.69, 9.17) is 4.74 Å². The topological polar surface area (TPSA) is 89.6 Å². The van der Waals surface area contributed by atoms with E-state index in [1.165, 1.54) is 18.7 Å². The largest absolute Gasteiger partial charge is 0.491 e. The van der Waals surface area contributed by atoms with Gasteiger partial charge in [-0.05, 0) is 45.0 Å². The first kappa shape index (κ1) is 18.3. The third-order valence-corrected chi connectivity index (χ3v) is 4.84. The molecule has 0 aliphatic rings. The Balaban J connectivity index is 1.56. The summed E-state index contributed by atoms with van der Waals surface area (Å²) in [6.45, 7) is 5.49. The van der Waals surface area contributed by atoms with Crippen LogP contribution in [0.2, 0.25) is 0 Å². The van der Waals surface area contributed by atoms with Crippen molar-refractivity contribution in [1.29, 1.82) is 0 Å². The van der Waals surface area contributed by atoms with Gasteiger partial charge in [0.15, 0.2) is 16.6 Å². The van der Waals surface area contributed by atoms with Gasteiger partial charge in [-0.2, -0.15) is 0 Å². The second-order valence-corrected chi connectivity index (χ2v) is 6.96. The number of nitrogens with zero attached hydrogens (tertiary/aromatic N) is 4. The molecule has 1 atom stereocenters. The lowest BCUT2D eigenvalue weighted by molar-refractivity contribution is 0.101. The van der Waals surface area contributed by atoms with Gasteiger partial charge in [-0.15, -0.1) is 10.2 Å². The maximum Gasteiger partial charge on any atom is 0.197 e. The highest BCUT2D eigenvalue weighted by Gasteiger charge is 2.13. The SMILES string of the molecule is CC(=O)c1ccc(OCC(O)CSc2nnc3cc(C)nc(C)n23)cc1. The van der Waals surface area contributed by atoms with Crippen LogP contribution in [0, 0.1) is 13.8 Å². The van der Waals surface area contributed by atoms with Gasteiger partial charge in [-0.3, -0.25) is 9.20 Å². The van der Waals surface area contributed by atoms with E-state index in [2.05, 4.69) is 15.2 Å². The van der Waals surface area contributed by atoms with Crippen molar-refractivity contribution in [3.63, 3.8) is 0 Å². The summed E-state index contributed by atoms with van der Waals surface area (Å²) in [5, 5.41) is 19.2. The van der Waals surface area contributed by atoms with Crippen molar-refractivity contribution >= 4 is 23.2 Å². The Bertz CT molecular complexity index is 924. The molecule has 1 N–H and O–H groups in total. The average Bonchev–Trinajstić information content (AvgIpc) is 3.01. The normalized spacial score (nSPS) is 12.3. The molecular formula is C18H20N4O3S. The van der Waals surface area contributed by atoms with Gasteiger partial charge >= 0.3 is 0 Å². The van der Waals surface area contributed by atoms with Crippen molar-refractivity contribution in [2.45, 2.75) is 32.0 Å². The van der Waals surface area contributed by atoms with Gasteiger partial charge in [0.05, 0.1) is 6.10 Å². The Morgan fingerprint density at radius 1 is 1.27 bits per heavy atom. The maximum absolute atomic E-state index is 11.3. The molecule has 1 unspecified atom stereocenters. The maximum atomic E-state index is 11.3. The van der Waals surface area contributed by atoms with Crippen LogP contribution in [0.25, 0.3) is 5.65 Å². The molecule has 0 aliphatic carbocycles. The average molecular weight is 372 g/mol. The number of aliphatic hydroxyl groups is 1. The number of ketones is 1. The number of fused-ring (bicyclic) bond motifs is 1. The number of hydrogen-bond acceptors (Lipinski definition) is 7. The summed E-state index contributed by atoms with van der Waals surface area (Å²) in [4.78, 5) is 15.7. The third kappa shape index (κ3) is 4.20. The van der Waals surface area contributed by atoms with E-state index in [0.717, 1.165) is 17.2 Å². The molecule has 0 aliphatic heterocycles. The zero-order valence-electron chi connectivity index (χ0n) is 14.8. The Kier molecular flexibility index (Phi) is 5.53. The second kappa shape index (κ2) is 7.84. The fourth-order valence-corrected chi connectivity index (χ4v) is 3.38. The molecule has 3 rings (SSSR count). The molecule has 0 radical (unpaired) electrons. The fourth-order valence-electron chi connectivity index (χ4n) is 2.49. The fraction of sp³-hybridized carbons (Fsp3) is 0.333. The molecule has 1 aromatic carbocycles. The van der Waals surface area contributed by atoms with E-state index in [-0.39, 0.29) is 12.4 Å². The standard InChI is InChI=1S/C18H20N4O3S/c1-11-8-17-20-21-18(22(17)13(3)19-11)26-10-15(24)9-25-16-6-4-14(5-7-16)12(2)23/h4-8,15,24H,9-10H2,1-3H3. The smallest absolute Gasteiger partial charge is 0.197 e. The summed E-state index contributed by atoms with van der Waals surface area (Å²) in [5.74, 6) is 1.85. The number of hydrogen-bond donors (Lipinski definition) is 1. The molecule has 136 valence electrons. The van der Waals surface area contributed by atoms with E-state index in [1.54, 1.807) is 24.3 Å². The molecule has 0 saturated heterocycles. The van der Waals surface area contributed by atoms with Crippen LogP contribution in [-0.2, 0) is 0 Å². The van der Waals surface area contributed by atoms with E-state index in [9.17, 15) is 9.90 Å². The van der Waals surface area contributed by atoms with E-state index in [0.29, 0.717) is 22.2 Å². The Hall–Kier alpha value is -2.45. The number of aliphatic hydroxyl groups excluding tert-OH is 1. The number of rotatable bonds is 7. The number of Topliss-reactive ketones (excluding diaryl/α,β-unsaturated/α-hetero) is 1. The van der Waals surface area contributed by atoms with Crippen LogP contribution in [0.3, 0.4) is 0 Å². The lowest BCUT2D eigenvalue weighted by Crippen LogP contribution is -2.20. The van der Waals surface area contributed by atoms with Crippen LogP contribution in [0.5, 0.6) is 5.75 Å². The molecule has 0 fully saturated rings. The van der Waals surface area contributed by atoms with Gasteiger partial charge in [0, 0.05) is 23.1 Å². The van der Waals surface area contributed by atoms with Gasteiger partial charge in [-0.1, -0.05) is 11.8 Å². The van der Waals surface area contributed by atoms with Gasteiger partial charge in [-0.25, -0.2) is 4.98 Å². The molecular weight excluding hydrogens is 352 g/mol. The molecule has 8 heteroatoms. The summed E-state index contributed by atoms with van der Waals surface area (Å²) in [7, 11) is 0. The zero-order valence-corrected chi connectivity index (χ0v) is 15.7. The zero-order chi connectivity index (χ0) is 18.7. The number of aromatic nitrogens is 4. The van der Waals surface area contributed by atoms with E-state index < -0.39 is 6.10 Å². The van der Waals surface area contributed by atoms with Crippen LogP contribution < -0.4 is 4.74 Å². The molecule has 0 saturated carbocycles. The molecule has 0 bridgehead atoms. The number of carbonyl (C=O) groups excluding carboxylic acids is 1. The van der Waals surface area contributed by atoms with Crippen molar-refractivity contribution in [2.75, 3.05) is 12.4 Å². The molecule has 26 heavy (non-hydrogen) atoms. The van der Waals surface area contributed by atoms with Gasteiger partial charge in [0.1, 0.15) is 18.2 Å².